The molecule has 1 aromatic heterocycles. The highest BCUT2D eigenvalue weighted by molar-refractivity contribution is 6.04. The Morgan fingerprint density at radius 1 is 1.08 bits per heavy atom. The fourth-order valence-corrected chi connectivity index (χ4v) is 2.52. The number of anilines is 1. The molecule has 6 nitrogen and oxygen atoms in total. The van der Waals surface area contributed by atoms with Crippen molar-refractivity contribution in [1.29, 1.82) is 0 Å². The number of aromatic nitrogens is 2. The quantitative estimate of drug-likeness (QED) is 0.751. The van der Waals surface area contributed by atoms with Crippen LogP contribution >= 0.6 is 0 Å². The molecule has 0 aliphatic heterocycles. The van der Waals surface area contributed by atoms with E-state index in [-0.39, 0.29) is 17.2 Å². The molecule has 24 heavy (non-hydrogen) atoms. The summed E-state index contributed by atoms with van der Waals surface area (Å²) in [6.45, 7) is 1.14. The number of rotatable bonds is 5. The Morgan fingerprint density at radius 3 is 2.50 bits per heavy atom. The normalized spacial score (nSPS) is 10.5. The van der Waals surface area contributed by atoms with Crippen LogP contribution in [-0.2, 0) is 0 Å². The first-order valence-electron chi connectivity index (χ1n) is 7.68. The van der Waals surface area contributed by atoms with E-state index in [0.717, 1.165) is 5.69 Å². The number of hydrogen-bond acceptors (Lipinski definition) is 4. The molecule has 0 saturated carbocycles. The van der Waals surface area contributed by atoms with Gasteiger partial charge in [0, 0.05) is 31.2 Å². The number of nitrogens with one attached hydrogen (secondary N) is 2. The number of amides is 1. The van der Waals surface area contributed by atoms with Gasteiger partial charge in [0.25, 0.3) is 11.5 Å². The van der Waals surface area contributed by atoms with Gasteiger partial charge >= 0.3 is 0 Å². The Morgan fingerprint density at radius 2 is 1.75 bits per heavy atom. The highest BCUT2D eigenvalue weighted by Gasteiger charge is 2.13. The van der Waals surface area contributed by atoms with Gasteiger partial charge in [0.15, 0.2) is 5.69 Å². The zero-order valence-corrected chi connectivity index (χ0v) is 13.3. The molecular weight excluding hydrogens is 304 g/mol. The third-order valence-corrected chi connectivity index (χ3v) is 3.84. The van der Waals surface area contributed by atoms with E-state index < -0.39 is 0 Å². The van der Waals surface area contributed by atoms with Gasteiger partial charge < -0.3 is 10.2 Å². The van der Waals surface area contributed by atoms with Gasteiger partial charge in [0.1, 0.15) is 0 Å². The minimum Gasteiger partial charge on any atom is -0.373 e. The maximum absolute atomic E-state index is 12.4. The van der Waals surface area contributed by atoms with Crippen LogP contribution in [0.15, 0.2) is 59.4 Å². The molecular formula is C18H18N4O2. The molecule has 0 unspecified atom stereocenters. The number of carbonyl (C=O) groups excluding carboxylic acids is 1. The summed E-state index contributed by atoms with van der Waals surface area (Å²) < 4.78 is 0. The number of fused-ring (bicyclic) bond motifs is 1. The summed E-state index contributed by atoms with van der Waals surface area (Å²) in [6, 6.07) is 16.9. The van der Waals surface area contributed by atoms with E-state index in [1.54, 1.807) is 24.3 Å². The molecule has 122 valence electrons. The molecule has 3 aromatic rings. The number of benzene rings is 2. The van der Waals surface area contributed by atoms with Gasteiger partial charge in [-0.05, 0) is 18.2 Å². The summed E-state index contributed by atoms with van der Waals surface area (Å²) in [5.41, 5.74) is 1.01. The Labute approximate surface area is 139 Å². The van der Waals surface area contributed by atoms with Crippen molar-refractivity contribution < 1.29 is 4.79 Å². The molecule has 6 heteroatoms. The number of hydrogen-bond donors (Lipinski definition) is 2. The highest BCUT2D eigenvalue weighted by atomic mass is 16.2. The van der Waals surface area contributed by atoms with Gasteiger partial charge in [0.05, 0.1) is 5.39 Å². The zero-order valence-electron chi connectivity index (χ0n) is 13.3. The molecule has 0 aliphatic carbocycles. The van der Waals surface area contributed by atoms with Crippen molar-refractivity contribution in [3.05, 3.63) is 70.6 Å². The summed E-state index contributed by atoms with van der Waals surface area (Å²) >= 11 is 0. The van der Waals surface area contributed by atoms with Crippen molar-refractivity contribution in [3.8, 4) is 0 Å². The molecule has 3 rings (SSSR count). The summed E-state index contributed by atoms with van der Waals surface area (Å²) in [5, 5.41) is 10.1. The Balaban J connectivity index is 1.68. The summed E-state index contributed by atoms with van der Waals surface area (Å²) in [5.74, 6) is -0.302. The van der Waals surface area contributed by atoms with Crippen LogP contribution < -0.4 is 15.8 Å². The number of carbonyl (C=O) groups is 1. The Kier molecular flexibility index (Phi) is 4.56. The lowest BCUT2D eigenvalue weighted by Crippen LogP contribution is -2.34. The lowest BCUT2D eigenvalue weighted by molar-refractivity contribution is 0.0950. The first-order chi connectivity index (χ1) is 11.7. The number of para-hydroxylation sites is 1. The lowest BCUT2D eigenvalue weighted by atomic mass is 10.1. The van der Waals surface area contributed by atoms with Crippen LogP contribution in [0.5, 0.6) is 0 Å². The Bertz CT molecular complexity index is 906. The van der Waals surface area contributed by atoms with E-state index in [2.05, 4.69) is 20.4 Å². The first kappa shape index (κ1) is 15.7. The minimum absolute atomic E-state index is 0.229. The fraction of sp³-hybridized carbons (Fsp3) is 0.167. The van der Waals surface area contributed by atoms with Crippen molar-refractivity contribution in [2.24, 2.45) is 0 Å². The average Bonchev–Trinajstić information content (AvgIpc) is 2.63. The number of likely N-dealkylation sites (N-methyl/N-ethyl adjacent to an activating group) is 1. The van der Waals surface area contributed by atoms with Crippen molar-refractivity contribution in [2.45, 2.75) is 0 Å². The standard InChI is InChI=1S/C18H18N4O2/c1-22(13-7-3-2-4-8-13)12-11-19-18(24)16-14-9-5-6-10-15(14)17(23)21-20-16/h2-10H,11-12H2,1H3,(H,19,24)(H,21,23). The van der Waals surface area contributed by atoms with Crippen molar-refractivity contribution in [3.63, 3.8) is 0 Å². The van der Waals surface area contributed by atoms with Gasteiger partial charge in [-0.25, -0.2) is 5.10 Å². The molecule has 1 heterocycles. The fourth-order valence-electron chi connectivity index (χ4n) is 2.52. The van der Waals surface area contributed by atoms with Gasteiger partial charge in [0.2, 0.25) is 0 Å². The smallest absolute Gasteiger partial charge is 0.272 e. The van der Waals surface area contributed by atoms with E-state index in [4.69, 9.17) is 0 Å². The van der Waals surface area contributed by atoms with Gasteiger partial charge in [-0.1, -0.05) is 36.4 Å². The molecule has 0 spiro atoms. The van der Waals surface area contributed by atoms with Gasteiger partial charge in [-0.2, -0.15) is 5.10 Å². The van der Waals surface area contributed by atoms with E-state index in [1.165, 1.54) is 0 Å². The van der Waals surface area contributed by atoms with E-state index >= 15 is 0 Å². The van der Waals surface area contributed by atoms with E-state index in [1.807, 2.05) is 37.4 Å². The zero-order chi connectivity index (χ0) is 16.9. The average molecular weight is 322 g/mol. The SMILES string of the molecule is CN(CCNC(=O)c1n[nH]c(=O)c2ccccc12)c1ccccc1. The summed E-state index contributed by atoms with van der Waals surface area (Å²) in [4.78, 5) is 26.2. The van der Waals surface area contributed by atoms with Crippen molar-refractivity contribution in [1.82, 2.24) is 15.5 Å². The third-order valence-electron chi connectivity index (χ3n) is 3.84. The van der Waals surface area contributed by atoms with Crippen molar-refractivity contribution >= 4 is 22.4 Å². The highest BCUT2D eigenvalue weighted by Crippen LogP contribution is 2.12. The van der Waals surface area contributed by atoms with Crippen LogP contribution in [0.3, 0.4) is 0 Å². The summed E-state index contributed by atoms with van der Waals surface area (Å²) in [7, 11) is 1.97. The van der Waals surface area contributed by atoms with Crippen LogP contribution in [0.25, 0.3) is 10.8 Å². The van der Waals surface area contributed by atoms with Crippen LogP contribution in [0, 0.1) is 0 Å². The molecule has 0 fully saturated rings. The van der Waals surface area contributed by atoms with Crippen LogP contribution in [0.2, 0.25) is 0 Å². The second-order valence-corrected chi connectivity index (χ2v) is 5.46. The lowest BCUT2D eigenvalue weighted by Gasteiger charge is -2.19. The monoisotopic (exact) mass is 322 g/mol. The number of nitrogens with zero attached hydrogens (tertiary/aromatic N) is 2. The molecule has 0 radical (unpaired) electrons. The molecule has 0 atom stereocenters. The maximum Gasteiger partial charge on any atom is 0.272 e. The topological polar surface area (TPSA) is 78.1 Å². The molecule has 0 saturated heterocycles. The van der Waals surface area contributed by atoms with Crippen LogP contribution in [0.4, 0.5) is 5.69 Å². The molecule has 2 aromatic carbocycles. The maximum atomic E-state index is 12.4. The second-order valence-electron chi connectivity index (χ2n) is 5.46. The number of H-pyrrole nitrogens is 1. The largest absolute Gasteiger partial charge is 0.373 e. The molecule has 1 amide bonds. The van der Waals surface area contributed by atoms with Crippen molar-refractivity contribution in [2.75, 3.05) is 25.0 Å². The molecule has 0 aliphatic rings. The van der Waals surface area contributed by atoms with Gasteiger partial charge in [-0.15, -0.1) is 0 Å². The predicted molar refractivity (Wildman–Crippen MR) is 94.4 cm³/mol. The summed E-state index contributed by atoms with van der Waals surface area (Å²) in [6.07, 6.45) is 0. The minimum atomic E-state index is -0.302. The Hall–Kier alpha value is -3.15. The predicted octanol–water partition coefficient (Wildman–Crippen LogP) is 1.79. The van der Waals surface area contributed by atoms with E-state index in [9.17, 15) is 9.59 Å². The third kappa shape index (κ3) is 3.27. The molecule has 0 bridgehead atoms. The van der Waals surface area contributed by atoms with Crippen LogP contribution in [0.1, 0.15) is 10.5 Å². The molecule has 2 N–H and O–H groups in total. The second kappa shape index (κ2) is 6.95. The van der Waals surface area contributed by atoms with Crippen LogP contribution in [-0.4, -0.2) is 36.2 Å². The van der Waals surface area contributed by atoms with Gasteiger partial charge in [-0.3, -0.25) is 9.59 Å². The number of aromatic amines is 1. The first-order valence-corrected chi connectivity index (χ1v) is 7.68. The van der Waals surface area contributed by atoms with E-state index in [0.29, 0.717) is 23.9 Å².